The van der Waals surface area contributed by atoms with Gasteiger partial charge in [-0.3, -0.25) is 4.68 Å². The van der Waals surface area contributed by atoms with Gasteiger partial charge in [-0.05, 0) is 18.2 Å². The number of aromatic carboxylic acids is 1. The summed E-state index contributed by atoms with van der Waals surface area (Å²) in [4.78, 5) is 11.0. The topological polar surface area (TPSA) is 55.1 Å². The molecule has 1 aromatic heterocycles. The molecule has 0 unspecified atom stereocenters. The van der Waals surface area contributed by atoms with Crippen LogP contribution in [0.25, 0.3) is 11.3 Å². The van der Waals surface area contributed by atoms with Gasteiger partial charge in [0.15, 0.2) is 0 Å². The zero-order valence-corrected chi connectivity index (χ0v) is 9.57. The van der Waals surface area contributed by atoms with E-state index in [2.05, 4.69) is 5.10 Å². The number of carboxylic acid groups (broad SMARTS) is 1. The number of benzene rings is 1. The lowest BCUT2D eigenvalue weighted by molar-refractivity contribution is 0.0697. The average molecular weight is 255 g/mol. The maximum absolute atomic E-state index is 13.7. The lowest BCUT2D eigenvalue weighted by atomic mass is 10.1. The smallest absolute Gasteiger partial charge is 0.339 e. The van der Waals surface area contributed by atoms with Crippen molar-refractivity contribution in [2.24, 2.45) is 7.05 Å². The van der Waals surface area contributed by atoms with E-state index in [4.69, 9.17) is 16.7 Å². The Morgan fingerprint density at radius 1 is 1.53 bits per heavy atom. The lowest BCUT2D eigenvalue weighted by Crippen LogP contribution is -2.02. The highest BCUT2D eigenvalue weighted by Crippen LogP contribution is 2.28. The second-order valence-electron chi connectivity index (χ2n) is 3.46. The van der Waals surface area contributed by atoms with Crippen molar-refractivity contribution in [2.75, 3.05) is 0 Å². The van der Waals surface area contributed by atoms with Gasteiger partial charge in [0.05, 0.1) is 11.9 Å². The molecule has 17 heavy (non-hydrogen) atoms. The minimum Gasteiger partial charge on any atom is -0.478 e. The molecule has 1 aromatic carbocycles. The number of halogens is 2. The van der Waals surface area contributed by atoms with Crippen molar-refractivity contribution in [3.05, 3.63) is 40.8 Å². The van der Waals surface area contributed by atoms with Gasteiger partial charge < -0.3 is 5.11 Å². The number of hydrogen-bond donors (Lipinski definition) is 1. The van der Waals surface area contributed by atoms with Crippen molar-refractivity contribution in [3.63, 3.8) is 0 Å². The second-order valence-corrected chi connectivity index (χ2v) is 3.90. The zero-order valence-electron chi connectivity index (χ0n) is 8.82. The number of carbonyl (C=O) groups is 1. The van der Waals surface area contributed by atoms with E-state index >= 15 is 0 Å². The van der Waals surface area contributed by atoms with Crippen LogP contribution < -0.4 is 0 Å². The molecule has 0 fully saturated rings. The predicted molar refractivity (Wildman–Crippen MR) is 60.6 cm³/mol. The predicted octanol–water partition coefficient (Wildman–Crippen LogP) is 2.58. The molecule has 0 radical (unpaired) electrons. The van der Waals surface area contributed by atoms with Crippen molar-refractivity contribution >= 4 is 17.6 Å². The van der Waals surface area contributed by atoms with Crippen LogP contribution in [-0.2, 0) is 7.05 Å². The molecule has 0 aliphatic heterocycles. The monoisotopic (exact) mass is 254 g/mol. The van der Waals surface area contributed by atoms with Gasteiger partial charge in [-0.15, -0.1) is 0 Å². The number of aromatic nitrogens is 2. The van der Waals surface area contributed by atoms with E-state index in [9.17, 15) is 9.18 Å². The summed E-state index contributed by atoms with van der Waals surface area (Å²) in [5.74, 6) is -1.70. The molecular formula is C11H8ClFN2O2. The molecule has 0 aliphatic rings. The van der Waals surface area contributed by atoms with Crippen molar-refractivity contribution in [1.29, 1.82) is 0 Å². The summed E-state index contributed by atoms with van der Waals surface area (Å²) in [7, 11) is 1.54. The second kappa shape index (κ2) is 4.18. The molecule has 4 nitrogen and oxygen atoms in total. The van der Waals surface area contributed by atoms with Crippen molar-refractivity contribution < 1.29 is 14.3 Å². The summed E-state index contributed by atoms with van der Waals surface area (Å²) >= 11 is 5.77. The minimum absolute atomic E-state index is 0.0614. The molecule has 6 heteroatoms. The number of carboxylic acids is 1. The van der Waals surface area contributed by atoms with Gasteiger partial charge in [0.2, 0.25) is 0 Å². The van der Waals surface area contributed by atoms with Crippen molar-refractivity contribution in [2.45, 2.75) is 0 Å². The van der Waals surface area contributed by atoms with Crippen LogP contribution in [0.15, 0.2) is 24.4 Å². The van der Waals surface area contributed by atoms with Crippen LogP contribution in [0.4, 0.5) is 4.39 Å². The molecule has 1 heterocycles. The Labute approximate surface area is 101 Å². The van der Waals surface area contributed by atoms with Gasteiger partial charge in [-0.2, -0.15) is 5.10 Å². The molecule has 0 spiro atoms. The first-order chi connectivity index (χ1) is 8.00. The summed E-state index contributed by atoms with van der Waals surface area (Å²) in [6.45, 7) is 0. The molecule has 0 aliphatic carbocycles. The summed E-state index contributed by atoms with van der Waals surface area (Å²) in [6.07, 6.45) is 1.18. The highest BCUT2D eigenvalue weighted by Gasteiger charge is 2.19. The Morgan fingerprint density at radius 2 is 2.24 bits per heavy atom. The first kappa shape index (κ1) is 11.6. The Bertz CT molecular complexity index is 595. The molecule has 2 aromatic rings. The Hall–Kier alpha value is -1.88. The molecule has 2 rings (SSSR count). The van der Waals surface area contributed by atoms with Crippen LogP contribution >= 0.6 is 11.6 Å². The maximum atomic E-state index is 13.7. The Morgan fingerprint density at radius 3 is 2.88 bits per heavy atom. The van der Waals surface area contributed by atoms with Crippen LogP contribution in [0.1, 0.15) is 10.4 Å². The fourth-order valence-electron chi connectivity index (χ4n) is 1.59. The summed E-state index contributed by atoms with van der Waals surface area (Å²) < 4.78 is 15.0. The van der Waals surface area contributed by atoms with Crippen LogP contribution in [0.3, 0.4) is 0 Å². The van der Waals surface area contributed by atoms with E-state index in [0.29, 0.717) is 5.02 Å². The average Bonchev–Trinajstić information content (AvgIpc) is 2.64. The maximum Gasteiger partial charge on any atom is 0.339 e. The van der Waals surface area contributed by atoms with E-state index in [1.807, 2.05) is 0 Å². The molecule has 88 valence electrons. The van der Waals surface area contributed by atoms with Gasteiger partial charge in [0.1, 0.15) is 11.4 Å². The number of rotatable bonds is 2. The highest BCUT2D eigenvalue weighted by molar-refractivity contribution is 6.30. The molecular weight excluding hydrogens is 247 g/mol. The SMILES string of the molecule is Cn1ncc(C(=O)O)c1-c1cc(Cl)ccc1F. The molecule has 0 amide bonds. The zero-order chi connectivity index (χ0) is 12.6. The van der Waals surface area contributed by atoms with Gasteiger partial charge >= 0.3 is 5.97 Å². The van der Waals surface area contributed by atoms with Crippen molar-refractivity contribution in [1.82, 2.24) is 9.78 Å². The van der Waals surface area contributed by atoms with Gasteiger partial charge in [-0.25, -0.2) is 9.18 Å². The summed E-state index contributed by atoms with van der Waals surface area (Å²) in [5.41, 5.74) is 0.251. The quantitative estimate of drug-likeness (QED) is 0.896. The number of hydrogen-bond acceptors (Lipinski definition) is 2. The van der Waals surface area contributed by atoms with Crippen molar-refractivity contribution in [3.8, 4) is 11.3 Å². The standard InChI is InChI=1S/C11H8ClFN2O2/c1-15-10(8(5-14-15)11(16)17)7-4-6(12)2-3-9(7)13/h2-5H,1H3,(H,16,17). The van der Waals surface area contributed by atoms with E-state index in [-0.39, 0.29) is 16.8 Å². The fourth-order valence-corrected chi connectivity index (χ4v) is 1.76. The first-order valence-electron chi connectivity index (χ1n) is 4.71. The lowest BCUT2D eigenvalue weighted by Gasteiger charge is -2.06. The minimum atomic E-state index is -1.16. The van der Waals surface area contributed by atoms with Crippen LogP contribution in [0, 0.1) is 5.82 Å². The summed E-state index contributed by atoms with van der Waals surface area (Å²) in [5, 5.41) is 13.1. The highest BCUT2D eigenvalue weighted by atomic mass is 35.5. The van der Waals surface area contributed by atoms with Gasteiger partial charge in [0, 0.05) is 17.6 Å². The van der Waals surface area contributed by atoms with E-state index in [0.717, 1.165) is 0 Å². The van der Waals surface area contributed by atoms with Crippen LogP contribution in [-0.4, -0.2) is 20.9 Å². The third kappa shape index (κ3) is 2.01. The normalized spacial score (nSPS) is 10.5. The largest absolute Gasteiger partial charge is 0.478 e. The van der Waals surface area contributed by atoms with E-state index in [1.165, 1.54) is 29.1 Å². The third-order valence-corrected chi connectivity index (χ3v) is 2.59. The fraction of sp³-hybridized carbons (Fsp3) is 0.0909. The Kier molecular flexibility index (Phi) is 2.85. The van der Waals surface area contributed by atoms with Crippen LogP contribution in [0.5, 0.6) is 0 Å². The number of aryl methyl sites for hydroxylation is 1. The summed E-state index contributed by atoms with van der Waals surface area (Å²) in [6, 6.07) is 3.97. The van der Waals surface area contributed by atoms with E-state index < -0.39 is 11.8 Å². The van der Waals surface area contributed by atoms with Gasteiger partial charge in [0.25, 0.3) is 0 Å². The third-order valence-electron chi connectivity index (χ3n) is 2.35. The van der Waals surface area contributed by atoms with Crippen LogP contribution in [0.2, 0.25) is 5.02 Å². The van der Waals surface area contributed by atoms with Gasteiger partial charge in [-0.1, -0.05) is 11.6 Å². The molecule has 0 saturated heterocycles. The first-order valence-corrected chi connectivity index (χ1v) is 5.09. The number of nitrogens with zero attached hydrogens (tertiary/aromatic N) is 2. The molecule has 0 saturated carbocycles. The molecule has 1 N–H and O–H groups in total. The Balaban J connectivity index is 2.71. The molecule has 0 atom stereocenters. The molecule has 0 bridgehead atoms. The van der Waals surface area contributed by atoms with E-state index in [1.54, 1.807) is 7.05 Å².